The molecule has 0 saturated heterocycles. The van der Waals surface area contributed by atoms with E-state index in [4.69, 9.17) is 9.47 Å². The van der Waals surface area contributed by atoms with Gasteiger partial charge in [-0.25, -0.2) is 4.98 Å². The number of nitrogens with zero attached hydrogens (tertiary/aromatic N) is 1. The molecule has 0 amide bonds. The Morgan fingerprint density at radius 2 is 1.61 bits per heavy atom. The quantitative estimate of drug-likeness (QED) is 0.262. The monoisotopic (exact) mass is 432 g/mol. The van der Waals surface area contributed by atoms with Gasteiger partial charge in [0.15, 0.2) is 11.5 Å². The summed E-state index contributed by atoms with van der Waals surface area (Å²) >= 11 is 1.62. The highest BCUT2D eigenvalue weighted by atomic mass is 32.1. The average Bonchev–Trinajstić information content (AvgIpc) is 3.18. The van der Waals surface area contributed by atoms with Gasteiger partial charge >= 0.3 is 0 Å². The molecule has 3 rings (SSSR count). The van der Waals surface area contributed by atoms with E-state index in [2.05, 4.69) is 53.8 Å². The summed E-state index contributed by atoms with van der Waals surface area (Å²) in [5.74, 6) is 1.40. The van der Waals surface area contributed by atoms with Crippen LogP contribution in [0.15, 0.2) is 73.9 Å². The number of aromatic nitrogens is 1. The Morgan fingerprint density at radius 1 is 0.968 bits per heavy atom. The van der Waals surface area contributed by atoms with Crippen LogP contribution in [0, 0.1) is 0 Å². The minimum Gasteiger partial charge on any atom is -0.493 e. The largest absolute Gasteiger partial charge is 0.493 e. The lowest BCUT2D eigenvalue weighted by atomic mass is 10.1. The lowest BCUT2D eigenvalue weighted by Gasteiger charge is -2.16. The maximum atomic E-state index is 5.37. The molecular formula is C26H28N2O2S. The number of methoxy groups -OCH3 is 2. The van der Waals surface area contributed by atoms with Gasteiger partial charge in [0.05, 0.1) is 24.4 Å². The summed E-state index contributed by atoms with van der Waals surface area (Å²) in [7, 11) is 3.27. The molecule has 0 aliphatic rings. The molecule has 0 aliphatic heterocycles. The third kappa shape index (κ3) is 6.09. The summed E-state index contributed by atoms with van der Waals surface area (Å²) in [5.41, 5.74) is 3.14. The molecule has 1 N–H and O–H groups in total. The highest BCUT2D eigenvalue weighted by Crippen LogP contribution is 2.34. The smallest absolute Gasteiger partial charge is 0.162 e. The number of benzene rings is 2. The van der Waals surface area contributed by atoms with Gasteiger partial charge in [-0.05, 0) is 36.6 Å². The number of fused-ring (bicyclic) bond motifs is 1. The van der Waals surface area contributed by atoms with Crippen LogP contribution in [0.25, 0.3) is 22.4 Å². The van der Waals surface area contributed by atoms with Crippen LogP contribution >= 0.6 is 11.3 Å². The van der Waals surface area contributed by atoms with E-state index in [0.717, 1.165) is 39.3 Å². The molecule has 31 heavy (non-hydrogen) atoms. The summed E-state index contributed by atoms with van der Waals surface area (Å²) < 4.78 is 11.8. The lowest BCUT2D eigenvalue weighted by molar-refractivity contribution is 0.356. The van der Waals surface area contributed by atoms with Crippen molar-refractivity contribution in [2.75, 3.05) is 19.5 Å². The highest BCUT2D eigenvalue weighted by molar-refractivity contribution is 7.19. The zero-order chi connectivity index (χ0) is 22.1. The van der Waals surface area contributed by atoms with Crippen molar-refractivity contribution >= 4 is 39.4 Å². The predicted molar refractivity (Wildman–Crippen MR) is 134 cm³/mol. The van der Waals surface area contributed by atoms with Crippen molar-refractivity contribution in [1.29, 1.82) is 0 Å². The number of anilines is 1. The number of rotatable bonds is 11. The molecule has 1 heterocycles. The third-order valence-electron chi connectivity index (χ3n) is 4.73. The Labute approximate surface area is 188 Å². The van der Waals surface area contributed by atoms with Gasteiger partial charge in [0.2, 0.25) is 0 Å². The molecule has 0 aliphatic carbocycles. The van der Waals surface area contributed by atoms with Crippen LogP contribution in [0.3, 0.4) is 0 Å². The third-order valence-corrected chi connectivity index (χ3v) is 5.72. The Bertz CT molecular complexity index is 1030. The van der Waals surface area contributed by atoms with Gasteiger partial charge in [-0.1, -0.05) is 42.5 Å². The average molecular weight is 433 g/mol. The van der Waals surface area contributed by atoms with E-state index in [-0.39, 0.29) is 0 Å². The molecule has 0 atom stereocenters. The molecule has 160 valence electrons. The summed E-state index contributed by atoms with van der Waals surface area (Å²) in [6.45, 7) is 7.65. The van der Waals surface area contributed by atoms with Crippen LogP contribution < -0.4 is 14.8 Å². The Kier molecular flexibility index (Phi) is 8.07. The van der Waals surface area contributed by atoms with Crippen LogP contribution in [0.5, 0.6) is 11.5 Å². The van der Waals surface area contributed by atoms with Crippen molar-refractivity contribution < 1.29 is 9.47 Å². The molecule has 0 saturated carbocycles. The van der Waals surface area contributed by atoms with Gasteiger partial charge in [0.1, 0.15) is 5.01 Å². The van der Waals surface area contributed by atoms with Crippen LogP contribution in [0.4, 0.5) is 5.69 Å². The SMILES string of the molecule is C=CCC(CC=C)Nc1ccc(/C=C/C=C/c2nc3cc(OC)c(OC)cc3s2)cc1. The first-order valence-electron chi connectivity index (χ1n) is 10.1. The summed E-state index contributed by atoms with van der Waals surface area (Å²) in [6, 6.07) is 12.6. The zero-order valence-corrected chi connectivity index (χ0v) is 18.8. The van der Waals surface area contributed by atoms with E-state index in [0.29, 0.717) is 17.5 Å². The number of allylic oxidation sites excluding steroid dienone is 2. The molecule has 2 aromatic carbocycles. The second-order valence-electron chi connectivity index (χ2n) is 6.96. The number of ether oxygens (including phenoxy) is 2. The number of hydrogen-bond acceptors (Lipinski definition) is 5. The summed E-state index contributed by atoms with van der Waals surface area (Å²) in [6.07, 6.45) is 13.8. The second kappa shape index (κ2) is 11.2. The van der Waals surface area contributed by atoms with Crippen molar-refractivity contribution in [3.05, 3.63) is 84.4 Å². The predicted octanol–water partition coefficient (Wildman–Crippen LogP) is 6.97. The van der Waals surface area contributed by atoms with Crippen molar-refractivity contribution in [2.24, 2.45) is 0 Å². The molecule has 4 nitrogen and oxygen atoms in total. The summed E-state index contributed by atoms with van der Waals surface area (Å²) in [5, 5.41) is 4.46. The number of hydrogen-bond donors (Lipinski definition) is 1. The Hall–Kier alpha value is -3.31. The van der Waals surface area contributed by atoms with Gasteiger partial charge in [-0.3, -0.25) is 0 Å². The molecule has 0 fully saturated rings. The fourth-order valence-corrected chi connectivity index (χ4v) is 4.08. The van der Waals surface area contributed by atoms with E-state index in [9.17, 15) is 0 Å². The maximum absolute atomic E-state index is 5.37. The van der Waals surface area contributed by atoms with E-state index in [1.165, 1.54) is 0 Å². The lowest BCUT2D eigenvalue weighted by Crippen LogP contribution is -2.17. The van der Waals surface area contributed by atoms with Gasteiger partial charge in [-0.2, -0.15) is 0 Å². The molecule has 0 radical (unpaired) electrons. The van der Waals surface area contributed by atoms with Crippen LogP contribution in [-0.4, -0.2) is 25.2 Å². The van der Waals surface area contributed by atoms with E-state index in [1.54, 1.807) is 25.6 Å². The van der Waals surface area contributed by atoms with Crippen LogP contribution in [0.1, 0.15) is 23.4 Å². The van der Waals surface area contributed by atoms with Crippen molar-refractivity contribution in [3.8, 4) is 11.5 Å². The van der Waals surface area contributed by atoms with Crippen LogP contribution in [-0.2, 0) is 0 Å². The minimum absolute atomic E-state index is 0.327. The molecule has 0 bridgehead atoms. The molecule has 0 unspecified atom stereocenters. The van der Waals surface area contributed by atoms with Gasteiger partial charge < -0.3 is 14.8 Å². The summed E-state index contributed by atoms with van der Waals surface area (Å²) in [4.78, 5) is 4.65. The first-order chi connectivity index (χ1) is 15.2. The number of nitrogens with one attached hydrogen (secondary N) is 1. The normalized spacial score (nSPS) is 11.5. The molecular weight excluding hydrogens is 404 g/mol. The van der Waals surface area contributed by atoms with E-state index in [1.807, 2.05) is 42.5 Å². The van der Waals surface area contributed by atoms with Crippen molar-refractivity contribution in [3.63, 3.8) is 0 Å². The van der Waals surface area contributed by atoms with Gasteiger partial charge in [0.25, 0.3) is 0 Å². The highest BCUT2D eigenvalue weighted by Gasteiger charge is 2.09. The Balaban J connectivity index is 1.63. The first-order valence-corrected chi connectivity index (χ1v) is 10.9. The zero-order valence-electron chi connectivity index (χ0n) is 18.0. The molecule has 3 aromatic rings. The van der Waals surface area contributed by atoms with Gasteiger partial charge in [0, 0.05) is 23.9 Å². The van der Waals surface area contributed by atoms with E-state index < -0.39 is 0 Å². The van der Waals surface area contributed by atoms with Crippen molar-refractivity contribution in [1.82, 2.24) is 4.98 Å². The van der Waals surface area contributed by atoms with Gasteiger partial charge in [-0.15, -0.1) is 24.5 Å². The molecule has 1 aromatic heterocycles. The molecule has 5 heteroatoms. The van der Waals surface area contributed by atoms with Crippen LogP contribution in [0.2, 0.25) is 0 Å². The Morgan fingerprint density at radius 3 is 2.26 bits per heavy atom. The topological polar surface area (TPSA) is 43.4 Å². The fraction of sp³-hybridized carbons (Fsp3) is 0.192. The first kappa shape index (κ1) is 22.4. The van der Waals surface area contributed by atoms with Crippen molar-refractivity contribution in [2.45, 2.75) is 18.9 Å². The number of thiazole rings is 1. The fourth-order valence-electron chi connectivity index (χ4n) is 3.19. The standard InChI is InChI=1S/C26H28N2O2S/c1-5-9-20(10-6-2)27-21-15-13-19(14-16-21)11-7-8-12-26-28-22-17-23(29-3)24(30-4)18-25(22)31-26/h5-8,11-18,20,27H,1-2,9-10H2,3-4H3/b11-7+,12-8+. The second-order valence-corrected chi connectivity index (χ2v) is 8.02. The minimum atomic E-state index is 0.327. The molecule has 0 spiro atoms. The maximum Gasteiger partial charge on any atom is 0.162 e. The van der Waals surface area contributed by atoms with E-state index >= 15 is 0 Å².